The van der Waals surface area contributed by atoms with Gasteiger partial charge < -0.3 is 5.73 Å². The molecule has 1 atom stereocenters. The third kappa shape index (κ3) is 2.73. The van der Waals surface area contributed by atoms with E-state index >= 15 is 0 Å². The summed E-state index contributed by atoms with van der Waals surface area (Å²) in [4.78, 5) is 1.34. The van der Waals surface area contributed by atoms with Crippen molar-refractivity contribution in [2.75, 3.05) is 0 Å². The summed E-state index contributed by atoms with van der Waals surface area (Å²) in [5.41, 5.74) is 8.72. The zero-order valence-corrected chi connectivity index (χ0v) is 11.5. The molecule has 1 aromatic heterocycles. The molecule has 0 amide bonds. The summed E-state index contributed by atoms with van der Waals surface area (Å²) in [6, 6.07) is 10.6. The maximum absolute atomic E-state index is 6.24. The standard InChI is InChI=1S/C13H14BrNS/c1-9-4-5-10(14)7-12(9)13(15)8-11-3-2-6-16-11/h2-7,13H,8,15H2,1H3. The van der Waals surface area contributed by atoms with Gasteiger partial charge in [0.2, 0.25) is 0 Å². The topological polar surface area (TPSA) is 26.0 Å². The molecule has 0 bridgehead atoms. The van der Waals surface area contributed by atoms with Crippen molar-refractivity contribution in [1.82, 2.24) is 0 Å². The second-order valence-electron chi connectivity index (χ2n) is 3.89. The Morgan fingerprint density at radius 3 is 2.88 bits per heavy atom. The Bertz CT molecular complexity index is 465. The van der Waals surface area contributed by atoms with Gasteiger partial charge in [0.15, 0.2) is 0 Å². The molecule has 2 N–H and O–H groups in total. The van der Waals surface area contributed by atoms with Crippen LogP contribution >= 0.6 is 27.3 Å². The van der Waals surface area contributed by atoms with Crippen LogP contribution in [-0.4, -0.2) is 0 Å². The summed E-state index contributed by atoms with van der Waals surface area (Å²) >= 11 is 5.25. The van der Waals surface area contributed by atoms with Crippen LogP contribution in [0.2, 0.25) is 0 Å². The summed E-state index contributed by atoms with van der Waals surface area (Å²) in [5.74, 6) is 0. The van der Waals surface area contributed by atoms with Crippen LogP contribution < -0.4 is 5.73 Å². The lowest BCUT2D eigenvalue weighted by Gasteiger charge is -2.14. The molecule has 3 heteroatoms. The molecule has 0 aliphatic carbocycles. The number of hydrogen-bond donors (Lipinski definition) is 1. The van der Waals surface area contributed by atoms with Crippen molar-refractivity contribution in [2.24, 2.45) is 5.73 Å². The highest BCUT2D eigenvalue weighted by Gasteiger charge is 2.10. The van der Waals surface area contributed by atoms with Crippen molar-refractivity contribution in [1.29, 1.82) is 0 Å². The summed E-state index contributed by atoms with van der Waals surface area (Å²) in [6.07, 6.45) is 0.912. The Hall–Kier alpha value is -0.640. The van der Waals surface area contributed by atoms with Gasteiger partial charge in [0.1, 0.15) is 0 Å². The molecule has 0 fully saturated rings. The van der Waals surface area contributed by atoms with Crippen molar-refractivity contribution in [3.8, 4) is 0 Å². The first-order valence-electron chi connectivity index (χ1n) is 5.21. The average molecular weight is 296 g/mol. The number of benzene rings is 1. The smallest absolute Gasteiger partial charge is 0.0346 e. The first kappa shape index (κ1) is 11.8. The first-order valence-corrected chi connectivity index (χ1v) is 6.88. The third-order valence-electron chi connectivity index (χ3n) is 2.64. The highest BCUT2D eigenvalue weighted by Crippen LogP contribution is 2.24. The van der Waals surface area contributed by atoms with Gasteiger partial charge in [-0.25, -0.2) is 0 Å². The molecule has 0 radical (unpaired) electrons. The van der Waals surface area contributed by atoms with Crippen molar-refractivity contribution >= 4 is 27.3 Å². The number of aryl methyl sites for hydroxylation is 1. The molecule has 0 saturated heterocycles. The van der Waals surface area contributed by atoms with E-state index in [4.69, 9.17) is 5.73 Å². The Kier molecular flexibility index (Phi) is 3.79. The third-order valence-corrected chi connectivity index (χ3v) is 4.03. The fraction of sp³-hybridized carbons (Fsp3) is 0.231. The van der Waals surface area contributed by atoms with E-state index in [1.807, 2.05) is 0 Å². The van der Waals surface area contributed by atoms with Crippen molar-refractivity contribution < 1.29 is 0 Å². The predicted octanol–water partition coefficient (Wildman–Crippen LogP) is 4.06. The number of thiophene rings is 1. The van der Waals surface area contributed by atoms with E-state index in [9.17, 15) is 0 Å². The second kappa shape index (κ2) is 5.13. The Morgan fingerprint density at radius 1 is 1.38 bits per heavy atom. The van der Waals surface area contributed by atoms with Gasteiger partial charge in [0.05, 0.1) is 0 Å². The summed E-state index contributed by atoms with van der Waals surface area (Å²) in [5, 5.41) is 2.09. The molecule has 84 valence electrons. The molecule has 0 saturated carbocycles. The Morgan fingerprint density at radius 2 is 2.19 bits per heavy atom. The zero-order chi connectivity index (χ0) is 11.5. The minimum absolute atomic E-state index is 0.0798. The van der Waals surface area contributed by atoms with Gasteiger partial charge >= 0.3 is 0 Å². The molecule has 16 heavy (non-hydrogen) atoms. The van der Waals surface area contributed by atoms with E-state index in [0.717, 1.165) is 10.9 Å². The van der Waals surface area contributed by atoms with Crippen LogP contribution in [0.4, 0.5) is 0 Å². The lowest BCUT2D eigenvalue weighted by molar-refractivity contribution is 0.724. The van der Waals surface area contributed by atoms with Crippen LogP contribution in [0.25, 0.3) is 0 Å². The summed E-state index contributed by atoms with van der Waals surface area (Å²) in [6.45, 7) is 2.11. The molecular weight excluding hydrogens is 282 g/mol. The molecule has 0 aliphatic heterocycles. The van der Waals surface area contributed by atoms with Crippen molar-refractivity contribution in [2.45, 2.75) is 19.4 Å². The normalized spacial score (nSPS) is 12.7. The second-order valence-corrected chi connectivity index (χ2v) is 5.84. The van der Waals surface area contributed by atoms with E-state index in [0.29, 0.717) is 0 Å². The highest BCUT2D eigenvalue weighted by molar-refractivity contribution is 9.10. The van der Waals surface area contributed by atoms with Gasteiger partial charge in [-0.15, -0.1) is 11.3 Å². The van der Waals surface area contributed by atoms with Gasteiger partial charge in [-0.05, 0) is 41.6 Å². The highest BCUT2D eigenvalue weighted by atomic mass is 79.9. The molecule has 1 nitrogen and oxygen atoms in total. The maximum Gasteiger partial charge on any atom is 0.0346 e. The van der Waals surface area contributed by atoms with E-state index in [1.165, 1.54) is 16.0 Å². The van der Waals surface area contributed by atoms with Crippen molar-refractivity contribution in [3.63, 3.8) is 0 Å². The summed E-state index contributed by atoms with van der Waals surface area (Å²) < 4.78 is 1.09. The molecule has 1 unspecified atom stereocenters. The van der Waals surface area contributed by atoms with Crippen LogP contribution in [0.3, 0.4) is 0 Å². The van der Waals surface area contributed by atoms with Gasteiger partial charge in [-0.3, -0.25) is 0 Å². The predicted molar refractivity (Wildman–Crippen MR) is 73.8 cm³/mol. The average Bonchev–Trinajstić information content (AvgIpc) is 2.74. The number of halogens is 1. The van der Waals surface area contributed by atoms with Crippen LogP contribution in [0.5, 0.6) is 0 Å². The Balaban J connectivity index is 2.20. The lowest BCUT2D eigenvalue weighted by Crippen LogP contribution is -2.14. The number of nitrogens with two attached hydrogens (primary N) is 1. The SMILES string of the molecule is Cc1ccc(Br)cc1C(N)Cc1cccs1. The van der Waals surface area contributed by atoms with E-state index in [-0.39, 0.29) is 6.04 Å². The molecule has 0 spiro atoms. The van der Waals surface area contributed by atoms with Crippen LogP contribution in [-0.2, 0) is 6.42 Å². The van der Waals surface area contributed by atoms with Gasteiger partial charge in [0.25, 0.3) is 0 Å². The fourth-order valence-electron chi connectivity index (χ4n) is 1.77. The monoisotopic (exact) mass is 295 g/mol. The van der Waals surface area contributed by atoms with Crippen LogP contribution in [0.1, 0.15) is 22.0 Å². The van der Waals surface area contributed by atoms with E-state index < -0.39 is 0 Å². The molecule has 0 aliphatic rings. The van der Waals surface area contributed by atoms with Gasteiger partial charge in [-0.2, -0.15) is 0 Å². The first-order chi connectivity index (χ1) is 7.66. The van der Waals surface area contributed by atoms with Gasteiger partial charge in [0, 0.05) is 21.8 Å². The van der Waals surface area contributed by atoms with E-state index in [1.54, 1.807) is 11.3 Å². The number of rotatable bonds is 3. The van der Waals surface area contributed by atoms with Crippen molar-refractivity contribution in [3.05, 3.63) is 56.2 Å². The fourth-order valence-corrected chi connectivity index (χ4v) is 2.91. The molecule has 1 aromatic carbocycles. The quantitative estimate of drug-likeness (QED) is 0.908. The number of hydrogen-bond acceptors (Lipinski definition) is 2. The van der Waals surface area contributed by atoms with E-state index in [2.05, 4.69) is 58.6 Å². The molecular formula is C13H14BrNS. The lowest BCUT2D eigenvalue weighted by atomic mass is 9.99. The summed E-state index contributed by atoms with van der Waals surface area (Å²) in [7, 11) is 0. The largest absolute Gasteiger partial charge is 0.324 e. The zero-order valence-electron chi connectivity index (χ0n) is 9.11. The minimum Gasteiger partial charge on any atom is -0.324 e. The minimum atomic E-state index is 0.0798. The van der Waals surface area contributed by atoms with Crippen LogP contribution in [0.15, 0.2) is 40.2 Å². The molecule has 2 aromatic rings. The maximum atomic E-state index is 6.24. The molecule has 1 heterocycles. The molecule has 2 rings (SSSR count). The Labute approximate surface area is 108 Å². The van der Waals surface area contributed by atoms with Crippen LogP contribution in [0, 0.1) is 6.92 Å². The van der Waals surface area contributed by atoms with Gasteiger partial charge in [-0.1, -0.05) is 28.1 Å².